The van der Waals surface area contributed by atoms with Gasteiger partial charge in [-0.05, 0) is 49.8 Å². The minimum Gasteiger partial charge on any atom is -0.480 e. The fraction of sp³-hybridized carbons (Fsp3) is 0.588. The molecule has 1 aromatic rings. The first kappa shape index (κ1) is 21.6. The molecule has 0 saturated carbocycles. The van der Waals surface area contributed by atoms with Crippen LogP contribution in [-0.2, 0) is 21.2 Å². The van der Waals surface area contributed by atoms with Crippen LogP contribution in [0.4, 0.5) is 0 Å². The van der Waals surface area contributed by atoms with Gasteiger partial charge in [0, 0.05) is 0 Å². The molecular weight excluding hydrogens is 342 g/mol. The number of hydrogen-bond acceptors (Lipinski definition) is 5. The maximum atomic E-state index is 12.3. The van der Waals surface area contributed by atoms with Gasteiger partial charge in [-0.25, -0.2) is 8.42 Å². The van der Waals surface area contributed by atoms with E-state index in [2.05, 4.69) is 11.6 Å². The zero-order valence-electron chi connectivity index (χ0n) is 14.6. The van der Waals surface area contributed by atoms with Crippen LogP contribution in [0.25, 0.3) is 0 Å². The summed E-state index contributed by atoms with van der Waals surface area (Å²) in [5.41, 5.74) is 12.3. The normalized spacial score (nSPS) is 14.2. The van der Waals surface area contributed by atoms with E-state index in [1.165, 1.54) is 0 Å². The zero-order valence-corrected chi connectivity index (χ0v) is 15.5. The van der Waals surface area contributed by atoms with E-state index in [9.17, 15) is 13.2 Å². The number of nitrogens with one attached hydrogen (secondary N) is 1. The summed E-state index contributed by atoms with van der Waals surface area (Å²) in [6.45, 7) is 2.14. The number of aliphatic carboxylic acids is 1. The van der Waals surface area contributed by atoms with Crippen molar-refractivity contribution < 1.29 is 18.3 Å². The van der Waals surface area contributed by atoms with Gasteiger partial charge in [-0.15, -0.1) is 0 Å². The summed E-state index contributed by atoms with van der Waals surface area (Å²) in [7, 11) is -3.69. The molecule has 0 spiro atoms. The van der Waals surface area contributed by atoms with Crippen LogP contribution in [-0.4, -0.2) is 31.7 Å². The molecule has 0 aliphatic rings. The number of nitrogens with two attached hydrogens (primary N) is 2. The van der Waals surface area contributed by atoms with Crippen LogP contribution in [0.3, 0.4) is 0 Å². The molecule has 0 aliphatic heterocycles. The lowest BCUT2D eigenvalue weighted by Crippen LogP contribution is -2.41. The van der Waals surface area contributed by atoms with Crippen molar-refractivity contribution in [3.05, 3.63) is 29.8 Å². The Balaban J connectivity index is 2.52. The SMILES string of the molecule is CCCCCc1ccc(S(=O)(=O)NC(N)CCCC(N)C(=O)O)cc1. The molecule has 1 rings (SSSR count). The van der Waals surface area contributed by atoms with Gasteiger partial charge < -0.3 is 16.6 Å². The number of hydrogen-bond donors (Lipinski definition) is 4. The summed E-state index contributed by atoms with van der Waals surface area (Å²) in [5.74, 6) is -1.08. The van der Waals surface area contributed by atoms with Gasteiger partial charge >= 0.3 is 5.97 Å². The standard InChI is InChI=1S/C17H29N3O4S/c1-2-3-4-6-13-9-11-14(12-10-13)25(23,24)20-16(19)8-5-7-15(18)17(21)22/h9-12,15-16,20H,2-8,18-19H2,1H3,(H,21,22). The van der Waals surface area contributed by atoms with Crippen molar-refractivity contribution in [2.75, 3.05) is 0 Å². The minimum atomic E-state index is -3.69. The number of rotatable bonds is 12. The van der Waals surface area contributed by atoms with Crippen molar-refractivity contribution in [1.29, 1.82) is 0 Å². The molecule has 0 fully saturated rings. The van der Waals surface area contributed by atoms with Crippen LogP contribution in [0.15, 0.2) is 29.2 Å². The molecule has 0 radical (unpaired) electrons. The zero-order chi connectivity index (χ0) is 18.9. The summed E-state index contributed by atoms with van der Waals surface area (Å²) in [5, 5.41) is 8.71. The highest BCUT2D eigenvalue weighted by Crippen LogP contribution is 2.13. The Morgan fingerprint density at radius 2 is 1.76 bits per heavy atom. The molecule has 1 aromatic carbocycles. The lowest BCUT2D eigenvalue weighted by atomic mass is 10.1. The van der Waals surface area contributed by atoms with Crippen LogP contribution >= 0.6 is 0 Å². The van der Waals surface area contributed by atoms with Crippen molar-refractivity contribution in [1.82, 2.24) is 4.72 Å². The van der Waals surface area contributed by atoms with E-state index in [0.29, 0.717) is 12.8 Å². The van der Waals surface area contributed by atoms with Crippen LogP contribution < -0.4 is 16.2 Å². The molecule has 25 heavy (non-hydrogen) atoms. The molecule has 6 N–H and O–H groups in total. The second-order valence-electron chi connectivity index (χ2n) is 6.20. The average Bonchev–Trinajstić information content (AvgIpc) is 2.55. The first-order valence-corrected chi connectivity index (χ1v) is 10.1. The third-order valence-corrected chi connectivity index (χ3v) is 5.46. The van der Waals surface area contributed by atoms with Crippen molar-refractivity contribution in [2.24, 2.45) is 11.5 Å². The van der Waals surface area contributed by atoms with Gasteiger partial charge in [0.2, 0.25) is 10.0 Å². The molecule has 0 saturated heterocycles. The maximum Gasteiger partial charge on any atom is 0.320 e. The molecule has 2 unspecified atom stereocenters. The predicted octanol–water partition coefficient (Wildman–Crippen LogP) is 1.56. The molecule has 7 nitrogen and oxygen atoms in total. The van der Waals surface area contributed by atoms with Gasteiger partial charge in [0.1, 0.15) is 6.04 Å². The Kier molecular flexibility index (Phi) is 9.05. The summed E-state index contributed by atoms with van der Waals surface area (Å²) in [4.78, 5) is 10.8. The monoisotopic (exact) mass is 371 g/mol. The van der Waals surface area contributed by atoms with Crippen molar-refractivity contribution in [3.8, 4) is 0 Å². The van der Waals surface area contributed by atoms with Crippen LogP contribution in [0.1, 0.15) is 51.0 Å². The number of carboxylic acids is 1. The maximum absolute atomic E-state index is 12.3. The van der Waals surface area contributed by atoms with Crippen LogP contribution in [0, 0.1) is 0 Å². The molecule has 0 heterocycles. The predicted molar refractivity (Wildman–Crippen MR) is 97.4 cm³/mol. The fourth-order valence-electron chi connectivity index (χ4n) is 2.42. The number of unbranched alkanes of at least 4 members (excludes halogenated alkanes) is 2. The van der Waals surface area contributed by atoms with E-state index in [0.717, 1.165) is 31.2 Å². The summed E-state index contributed by atoms with van der Waals surface area (Å²) in [6, 6.07) is 5.85. The Labute approximate surface area is 149 Å². The van der Waals surface area contributed by atoms with Gasteiger partial charge in [-0.1, -0.05) is 31.9 Å². The topological polar surface area (TPSA) is 136 Å². The Morgan fingerprint density at radius 3 is 2.32 bits per heavy atom. The van der Waals surface area contributed by atoms with Crippen molar-refractivity contribution in [2.45, 2.75) is 69.0 Å². The number of carbonyl (C=O) groups is 1. The summed E-state index contributed by atoms with van der Waals surface area (Å²) < 4.78 is 27.0. The number of aryl methyl sites for hydroxylation is 1. The number of benzene rings is 1. The molecule has 0 aliphatic carbocycles. The van der Waals surface area contributed by atoms with Gasteiger partial charge in [0.15, 0.2) is 0 Å². The summed E-state index contributed by atoms with van der Waals surface area (Å²) >= 11 is 0. The summed E-state index contributed by atoms with van der Waals surface area (Å²) in [6.07, 6.45) is 4.53. The highest BCUT2D eigenvalue weighted by Gasteiger charge is 2.18. The third kappa shape index (κ3) is 7.96. The molecule has 142 valence electrons. The van der Waals surface area contributed by atoms with Crippen LogP contribution in [0.5, 0.6) is 0 Å². The molecule has 8 heteroatoms. The van der Waals surface area contributed by atoms with E-state index in [1.54, 1.807) is 12.1 Å². The van der Waals surface area contributed by atoms with E-state index < -0.39 is 28.2 Å². The largest absolute Gasteiger partial charge is 0.480 e. The second-order valence-corrected chi connectivity index (χ2v) is 7.92. The first-order chi connectivity index (χ1) is 11.8. The Bertz CT molecular complexity index is 632. The smallest absolute Gasteiger partial charge is 0.320 e. The van der Waals surface area contributed by atoms with E-state index in [1.807, 2.05) is 12.1 Å². The van der Waals surface area contributed by atoms with Crippen LogP contribution in [0.2, 0.25) is 0 Å². The van der Waals surface area contributed by atoms with Gasteiger partial charge in [-0.2, -0.15) is 4.72 Å². The van der Waals surface area contributed by atoms with Gasteiger partial charge in [0.05, 0.1) is 11.1 Å². The van der Waals surface area contributed by atoms with Gasteiger partial charge in [0.25, 0.3) is 0 Å². The highest BCUT2D eigenvalue weighted by atomic mass is 32.2. The number of sulfonamides is 1. The van der Waals surface area contributed by atoms with Crippen molar-refractivity contribution in [3.63, 3.8) is 0 Å². The molecule has 2 atom stereocenters. The molecule has 0 amide bonds. The Morgan fingerprint density at radius 1 is 1.12 bits per heavy atom. The third-order valence-electron chi connectivity index (χ3n) is 3.96. The van der Waals surface area contributed by atoms with Crippen molar-refractivity contribution >= 4 is 16.0 Å². The van der Waals surface area contributed by atoms with E-state index in [4.69, 9.17) is 16.6 Å². The molecule has 0 bridgehead atoms. The lowest BCUT2D eigenvalue weighted by Gasteiger charge is -2.15. The fourth-order valence-corrected chi connectivity index (χ4v) is 3.57. The number of carboxylic acid groups (broad SMARTS) is 1. The quantitative estimate of drug-likeness (QED) is 0.325. The Hall–Kier alpha value is -1.48. The van der Waals surface area contributed by atoms with Gasteiger partial charge in [-0.3, -0.25) is 4.79 Å². The molecular formula is C17H29N3O4S. The minimum absolute atomic E-state index is 0.171. The highest BCUT2D eigenvalue weighted by molar-refractivity contribution is 7.89. The van der Waals surface area contributed by atoms with E-state index in [-0.39, 0.29) is 11.3 Å². The second kappa shape index (κ2) is 10.5. The molecule has 0 aromatic heterocycles. The van der Waals surface area contributed by atoms with E-state index >= 15 is 0 Å². The average molecular weight is 372 g/mol. The first-order valence-electron chi connectivity index (χ1n) is 8.61. The lowest BCUT2D eigenvalue weighted by molar-refractivity contribution is -0.138.